The smallest absolute Gasteiger partial charge is 0.305 e. The number of carbonyl (C=O) groups excluding carboxylic acids is 1. The lowest BCUT2D eigenvalue weighted by molar-refractivity contribution is -0.137. The molecule has 0 aliphatic rings. The van der Waals surface area contributed by atoms with Gasteiger partial charge in [0, 0.05) is 11.1 Å². The minimum atomic E-state index is -1.21. The van der Waals surface area contributed by atoms with Gasteiger partial charge in [-0.15, -0.1) is 0 Å². The van der Waals surface area contributed by atoms with Crippen LogP contribution >= 0.6 is 0 Å². The van der Waals surface area contributed by atoms with Gasteiger partial charge in [-0.05, 0) is 30.3 Å². The fourth-order valence-electron chi connectivity index (χ4n) is 2.99. The third-order valence-corrected chi connectivity index (χ3v) is 4.40. The standard InChI is InChI=1S/C22H18F2N2O4/c1-30-19-11-10-17(25-21(19)14-7-3-5-9-16(14)24)22(29)26-18(12-20(27)28)13-6-2-4-8-15(13)23/h2-11,18H,12H2,1H3,(H,26,29)(H,27,28)/t18-/m0/s1. The summed E-state index contributed by atoms with van der Waals surface area (Å²) in [5.41, 5.74) is 0.195. The zero-order valence-electron chi connectivity index (χ0n) is 15.9. The largest absolute Gasteiger partial charge is 0.494 e. The Labute approximate surface area is 171 Å². The van der Waals surface area contributed by atoms with E-state index in [1.165, 1.54) is 55.6 Å². The first kappa shape index (κ1) is 20.9. The molecule has 30 heavy (non-hydrogen) atoms. The third kappa shape index (κ3) is 4.60. The summed E-state index contributed by atoms with van der Waals surface area (Å²) < 4.78 is 33.6. The Morgan fingerprint density at radius 1 is 1.03 bits per heavy atom. The number of hydrogen-bond donors (Lipinski definition) is 2. The molecule has 2 N–H and O–H groups in total. The zero-order valence-corrected chi connectivity index (χ0v) is 15.9. The van der Waals surface area contributed by atoms with E-state index in [2.05, 4.69) is 10.3 Å². The van der Waals surface area contributed by atoms with E-state index >= 15 is 0 Å². The molecule has 0 bridgehead atoms. The lowest BCUT2D eigenvalue weighted by Crippen LogP contribution is -2.31. The molecule has 3 aromatic rings. The van der Waals surface area contributed by atoms with Crippen molar-refractivity contribution in [2.24, 2.45) is 0 Å². The molecule has 2 aromatic carbocycles. The number of benzene rings is 2. The molecule has 1 amide bonds. The van der Waals surface area contributed by atoms with Crippen LogP contribution in [0.3, 0.4) is 0 Å². The van der Waals surface area contributed by atoms with Crippen LogP contribution in [0.1, 0.15) is 28.5 Å². The van der Waals surface area contributed by atoms with Gasteiger partial charge in [0.2, 0.25) is 0 Å². The van der Waals surface area contributed by atoms with Gasteiger partial charge in [0.25, 0.3) is 5.91 Å². The Kier molecular flexibility index (Phi) is 6.36. The number of nitrogens with one attached hydrogen (secondary N) is 1. The Balaban J connectivity index is 1.96. The highest BCUT2D eigenvalue weighted by Gasteiger charge is 2.23. The lowest BCUT2D eigenvalue weighted by atomic mass is 10.0. The van der Waals surface area contributed by atoms with E-state index in [1.807, 2.05) is 0 Å². The summed E-state index contributed by atoms with van der Waals surface area (Å²) in [5, 5.41) is 11.7. The van der Waals surface area contributed by atoms with Gasteiger partial charge in [0.05, 0.1) is 19.6 Å². The fourth-order valence-corrected chi connectivity index (χ4v) is 2.99. The predicted molar refractivity (Wildman–Crippen MR) is 105 cm³/mol. The summed E-state index contributed by atoms with van der Waals surface area (Å²) in [4.78, 5) is 28.2. The molecule has 0 aliphatic heterocycles. The summed E-state index contributed by atoms with van der Waals surface area (Å²) in [7, 11) is 1.39. The van der Waals surface area contributed by atoms with Gasteiger partial charge in [0.15, 0.2) is 0 Å². The highest BCUT2D eigenvalue weighted by Crippen LogP contribution is 2.30. The predicted octanol–water partition coefficient (Wildman–Crippen LogP) is 3.98. The molecular formula is C22H18F2N2O4. The number of carboxylic acid groups (broad SMARTS) is 1. The monoisotopic (exact) mass is 412 g/mol. The number of ether oxygens (including phenoxy) is 1. The maximum absolute atomic E-state index is 14.2. The van der Waals surface area contributed by atoms with Crippen LogP contribution in [0.15, 0.2) is 60.7 Å². The van der Waals surface area contributed by atoms with Gasteiger partial charge in [-0.3, -0.25) is 9.59 Å². The second-order valence-corrected chi connectivity index (χ2v) is 6.37. The van der Waals surface area contributed by atoms with Crippen LogP contribution in [-0.2, 0) is 4.79 Å². The molecule has 3 rings (SSSR count). The zero-order chi connectivity index (χ0) is 21.7. The van der Waals surface area contributed by atoms with Crippen LogP contribution in [0.2, 0.25) is 0 Å². The van der Waals surface area contributed by atoms with E-state index in [9.17, 15) is 18.4 Å². The Morgan fingerprint density at radius 2 is 1.70 bits per heavy atom. The van der Waals surface area contributed by atoms with Crippen molar-refractivity contribution in [3.8, 4) is 17.0 Å². The first-order valence-corrected chi connectivity index (χ1v) is 8.97. The van der Waals surface area contributed by atoms with E-state index in [1.54, 1.807) is 12.1 Å². The van der Waals surface area contributed by atoms with Crippen molar-refractivity contribution in [2.45, 2.75) is 12.5 Å². The third-order valence-electron chi connectivity index (χ3n) is 4.40. The number of halogens is 2. The molecule has 8 heteroatoms. The summed E-state index contributed by atoms with van der Waals surface area (Å²) in [6.07, 6.45) is -0.525. The topological polar surface area (TPSA) is 88.5 Å². The summed E-state index contributed by atoms with van der Waals surface area (Å²) >= 11 is 0. The highest BCUT2D eigenvalue weighted by atomic mass is 19.1. The second kappa shape index (κ2) is 9.13. The van der Waals surface area contributed by atoms with Crippen molar-refractivity contribution in [1.82, 2.24) is 10.3 Å². The van der Waals surface area contributed by atoms with Gasteiger partial charge in [0.1, 0.15) is 28.8 Å². The van der Waals surface area contributed by atoms with Crippen LogP contribution in [0.4, 0.5) is 8.78 Å². The number of carboxylic acids is 1. The number of hydrogen-bond acceptors (Lipinski definition) is 4. The fraction of sp³-hybridized carbons (Fsp3) is 0.136. The molecule has 0 spiro atoms. The summed E-state index contributed by atoms with van der Waals surface area (Å²) in [6, 6.07) is 13.2. The molecule has 0 unspecified atom stereocenters. The Hall–Kier alpha value is -3.81. The molecule has 6 nitrogen and oxygen atoms in total. The van der Waals surface area contributed by atoms with Crippen LogP contribution < -0.4 is 10.1 Å². The quantitative estimate of drug-likeness (QED) is 0.613. The molecule has 0 fully saturated rings. The van der Waals surface area contributed by atoms with Gasteiger partial charge in [-0.25, -0.2) is 13.8 Å². The molecule has 1 aromatic heterocycles. The average molecular weight is 412 g/mol. The number of pyridine rings is 1. The molecule has 154 valence electrons. The molecule has 1 heterocycles. The van der Waals surface area contributed by atoms with Crippen molar-refractivity contribution >= 4 is 11.9 Å². The molecule has 1 atom stereocenters. The summed E-state index contributed by atoms with van der Waals surface area (Å²) in [6.45, 7) is 0. The van der Waals surface area contributed by atoms with Crippen molar-refractivity contribution < 1.29 is 28.2 Å². The number of carbonyl (C=O) groups is 2. The maximum Gasteiger partial charge on any atom is 0.305 e. The van der Waals surface area contributed by atoms with Crippen LogP contribution in [0, 0.1) is 11.6 Å². The maximum atomic E-state index is 14.2. The van der Waals surface area contributed by atoms with Gasteiger partial charge in [-0.2, -0.15) is 0 Å². The second-order valence-electron chi connectivity index (χ2n) is 6.37. The van der Waals surface area contributed by atoms with Gasteiger partial charge >= 0.3 is 5.97 Å². The van der Waals surface area contributed by atoms with E-state index < -0.39 is 36.0 Å². The van der Waals surface area contributed by atoms with Gasteiger partial charge in [-0.1, -0.05) is 30.3 Å². The van der Waals surface area contributed by atoms with Crippen molar-refractivity contribution in [1.29, 1.82) is 0 Å². The van der Waals surface area contributed by atoms with Crippen molar-refractivity contribution in [3.63, 3.8) is 0 Å². The van der Waals surface area contributed by atoms with Gasteiger partial charge < -0.3 is 15.2 Å². The van der Waals surface area contributed by atoms with E-state index in [-0.39, 0.29) is 28.3 Å². The normalized spacial score (nSPS) is 11.6. The molecular weight excluding hydrogens is 394 g/mol. The number of rotatable bonds is 7. The molecule has 0 saturated heterocycles. The van der Waals surface area contributed by atoms with Crippen molar-refractivity contribution in [2.75, 3.05) is 7.11 Å². The Bertz CT molecular complexity index is 1090. The van der Waals surface area contributed by atoms with Crippen molar-refractivity contribution in [3.05, 3.63) is 83.6 Å². The Morgan fingerprint density at radius 3 is 2.33 bits per heavy atom. The number of amides is 1. The average Bonchev–Trinajstić information content (AvgIpc) is 2.73. The molecule has 0 aliphatic carbocycles. The number of methoxy groups -OCH3 is 1. The number of nitrogens with zero attached hydrogens (tertiary/aromatic N) is 1. The SMILES string of the molecule is COc1ccc(C(=O)N[C@@H](CC(=O)O)c2ccccc2F)nc1-c1ccccc1F. The first-order chi connectivity index (χ1) is 14.4. The summed E-state index contributed by atoms with van der Waals surface area (Å²) in [5.74, 6) is -2.87. The first-order valence-electron chi connectivity index (χ1n) is 8.97. The number of aromatic nitrogens is 1. The van der Waals surface area contributed by atoms with E-state index in [4.69, 9.17) is 9.84 Å². The highest BCUT2D eigenvalue weighted by molar-refractivity contribution is 5.93. The molecule has 0 saturated carbocycles. The van der Waals surface area contributed by atoms with Crippen LogP contribution in [0.5, 0.6) is 5.75 Å². The van der Waals surface area contributed by atoms with Crippen LogP contribution in [0.25, 0.3) is 11.3 Å². The minimum absolute atomic E-state index is 0.0380. The van der Waals surface area contributed by atoms with Crippen LogP contribution in [-0.4, -0.2) is 29.1 Å². The lowest BCUT2D eigenvalue weighted by Gasteiger charge is -2.18. The number of aliphatic carboxylic acids is 1. The van der Waals surface area contributed by atoms with E-state index in [0.29, 0.717) is 0 Å². The van der Waals surface area contributed by atoms with E-state index in [0.717, 1.165) is 0 Å². The molecule has 0 radical (unpaired) electrons. The minimum Gasteiger partial charge on any atom is -0.494 e.